The first kappa shape index (κ1) is 23.3. The number of ether oxygens (including phenoxy) is 1. The summed E-state index contributed by atoms with van der Waals surface area (Å²) in [6.07, 6.45) is 5.01. The van der Waals surface area contributed by atoms with Crippen molar-refractivity contribution in [3.63, 3.8) is 0 Å². The van der Waals surface area contributed by atoms with Crippen LogP contribution in [0.2, 0.25) is 5.02 Å². The van der Waals surface area contributed by atoms with Gasteiger partial charge in [0.25, 0.3) is 11.9 Å². The van der Waals surface area contributed by atoms with Gasteiger partial charge in [-0.25, -0.2) is 9.07 Å². The molecule has 0 saturated carbocycles. The zero-order chi connectivity index (χ0) is 25.1. The number of benzene rings is 3. The first-order valence-electron chi connectivity index (χ1n) is 11.1. The number of nitrogens with zero attached hydrogens (tertiary/aromatic N) is 3. The lowest BCUT2D eigenvalue weighted by Gasteiger charge is -2.24. The van der Waals surface area contributed by atoms with Crippen molar-refractivity contribution >= 4 is 41.2 Å². The van der Waals surface area contributed by atoms with E-state index in [1.165, 1.54) is 18.2 Å². The predicted molar refractivity (Wildman–Crippen MR) is 138 cm³/mol. The lowest BCUT2D eigenvalue weighted by molar-refractivity contribution is -0.111. The quantitative estimate of drug-likeness (QED) is 0.327. The van der Waals surface area contributed by atoms with E-state index < -0.39 is 5.91 Å². The number of methoxy groups -OCH3 is 1. The van der Waals surface area contributed by atoms with Crippen molar-refractivity contribution < 1.29 is 13.9 Å². The summed E-state index contributed by atoms with van der Waals surface area (Å²) in [5.41, 5.74) is 3.26. The van der Waals surface area contributed by atoms with Gasteiger partial charge in [0.05, 0.1) is 7.11 Å². The largest absolute Gasteiger partial charge is 0.496 e. The summed E-state index contributed by atoms with van der Waals surface area (Å²) in [6.45, 7) is 0. The average molecular weight is 502 g/mol. The number of anilines is 2. The van der Waals surface area contributed by atoms with Crippen LogP contribution < -0.4 is 15.4 Å². The van der Waals surface area contributed by atoms with Gasteiger partial charge >= 0.3 is 0 Å². The number of amides is 1. The van der Waals surface area contributed by atoms with Crippen molar-refractivity contribution in [1.82, 2.24) is 14.8 Å². The summed E-state index contributed by atoms with van der Waals surface area (Å²) in [5.74, 6) is 0.492. The number of carbonyl (C=O) groups excluding carboxylic acids is 1. The van der Waals surface area contributed by atoms with Crippen LogP contribution in [0.25, 0.3) is 11.8 Å². The summed E-state index contributed by atoms with van der Waals surface area (Å²) in [4.78, 5) is 17.1. The van der Waals surface area contributed by atoms with Crippen molar-refractivity contribution in [1.29, 1.82) is 0 Å². The Balaban J connectivity index is 1.43. The lowest BCUT2D eigenvalue weighted by atomic mass is 10.0. The van der Waals surface area contributed by atoms with Crippen LogP contribution in [-0.4, -0.2) is 27.8 Å². The lowest BCUT2D eigenvalue weighted by Crippen LogP contribution is -2.20. The van der Waals surface area contributed by atoms with Crippen LogP contribution in [-0.2, 0) is 4.79 Å². The van der Waals surface area contributed by atoms with Crippen LogP contribution in [0.5, 0.6) is 5.75 Å². The van der Waals surface area contributed by atoms with Crippen LogP contribution in [0.3, 0.4) is 0 Å². The summed E-state index contributed by atoms with van der Waals surface area (Å²) in [5, 5.41) is 11.1. The molecule has 9 heteroatoms. The fraction of sp³-hybridized carbons (Fsp3) is 0.0741. The van der Waals surface area contributed by atoms with Gasteiger partial charge in [-0.1, -0.05) is 54.1 Å². The molecule has 7 nitrogen and oxygen atoms in total. The number of hydrogen-bond acceptors (Lipinski definition) is 5. The van der Waals surface area contributed by atoms with Crippen LogP contribution >= 0.6 is 11.6 Å². The number of fused-ring (bicyclic) bond motifs is 1. The second kappa shape index (κ2) is 10.1. The Morgan fingerprint density at radius 2 is 1.86 bits per heavy atom. The third-order valence-corrected chi connectivity index (χ3v) is 5.87. The number of para-hydroxylation sites is 1. The SMILES string of the molecule is COc1ccccc1C=CC(=O)Nc1nc2n(n1)C(c1ccc(F)cc1)C=C(c1ccc(Cl)cc1)N2. The number of allylic oxidation sites excluding steroid dienone is 1. The van der Waals surface area contributed by atoms with Crippen molar-refractivity contribution in [3.05, 3.63) is 112 Å². The Hall–Kier alpha value is -4.43. The minimum absolute atomic E-state index is 0.130. The number of carbonyl (C=O) groups is 1. The molecule has 0 aliphatic carbocycles. The van der Waals surface area contributed by atoms with Crippen LogP contribution in [0.1, 0.15) is 22.7 Å². The van der Waals surface area contributed by atoms with Crippen LogP contribution in [0.4, 0.5) is 16.3 Å². The van der Waals surface area contributed by atoms with E-state index in [0.29, 0.717) is 16.7 Å². The summed E-state index contributed by atoms with van der Waals surface area (Å²) >= 11 is 6.05. The number of rotatable bonds is 6. The van der Waals surface area contributed by atoms with Gasteiger partial charge in [0.1, 0.15) is 17.6 Å². The maximum absolute atomic E-state index is 13.6. The zero-order valence-corrected chi connectivity index (χ0v) is 19.9. The molecule has 2 heterocycles. The van der Waals surface area contributed by atoms with Gasteiger partial charge in [0, 0.05) is 22.4 Å². The van der Waals surface area contributed by atoms with Gasteiger partial charge in [-0.2, -0.15) is 4.98 Å². The molecule has 36 heavy (non-hydrogen) atoms. The van der Waals surface area contributed by atoms with E-state index in [4.69, 9.17) is 16.3 Å². The molecule has 0 bridgehead atoms. The van der Waals surface area contributed by atoms with E-state index in [1.807, 2.05) is 42.5 Å². The van der Waals surface area contributed by atoms with E-state index in [-0.39, 0.29) is 17.8 Å². The molecule has 1 aliphatic heterocycles. The Labute approximate surface area is 211 Å². The number of halogens is 2. The number of nitrogens with one attached hydrogen (secondary N) is 2. The smallest absolute Gasteiger partial charge is 0.250 e. The van der Waals surface area contributed by atoms with Crippen LogP contribution in [0, 0.1) is 5.82 Å². The normalized spacial score (nSPS) is 14.6. The molecular weight excluding hydrogens is 481 g/mol. The van der Waals surface area contributed by atoms with Gasteiger partial charge in [0.2, 0.25) is 5.95 Å². The van der Waals surface area contributed by atoms with E-state index in [9.17, 15) is 9.18 Å². The second-order valence-electron chi connectivity index (χ2n) is 7.98. The molecule has 0 fully saturated rings. The third-order valence-electron chi connectivity index (χ3n) is 5.62. The molecule has 180 valence electrons. The highest BCUT2D eigenvalue weighted by molar-refractivity contribution is 6.30. The van der Waals surface area contributed by atoms with Gasteiger partial charge in [0.15, 0.2) is 0 Å². The highest BCUT2D eigenvalue weighted by atomic mass is 35.5. The van der Waals surface area contributed by atoms with Crippen molar-refractivity contribution in [3.8, 4) is 5.75 Å². The van der Waals surface area contributed by atoms with Crippen molar-refractivity contribution in [2.75, 3.05) is 17.7 Å². The van der Waals surface area contributed by atoms with Crippen molar-refractivity contribution in [2.45, 2.75) is 6.04 Å². The number of aromatic nitrogens is 3. The highest BCUT2D eigenvalue weighted by Gasteiger charge is 2.25. The van der Waals surface area contributed by atoms with E-state index >= 15 is 0 Å². The standard InChI is InChI=1S/C27H21ClFN5O2/c1-36-24-5-3-2-4-19(24)10-15-25(35)31-26-32-27-30-22(17-6-11-20(28)12-7-17)16-23(34(27)33-26)18-8-13-21(29)14-9-18/h2-16,23H,1H3,(H2,30,31,32,33,35). The Morgan fingerprint density at radius 3 is 2.61 bits per heavy atom. The van der Waals surface area contributed by atoms with Gasteiger partial charge in [-0.3, -0.25) is 10.1 Å². The summed E-state index contributed by atoms with van der Waals surface area (Å²) < 4.78 is 20.5. The fourth-order valence-electron chi connectivity index (χ4n) is 3.86. The molecule has 1 atom stereocenters. The molecule has 2 N–H and O–H groups in total. The maximum Gasteiger partial charge on any atom is 0.250 e. The van der Waals surface area contributed by atoms with E-state index in [2.05, 4.69) is 20.7 Å². The Kier molecular flexibility index (Phi) is 6.51. The number of hydrogen-bond donors (Lipinski definition) is 2. The zero-order valence-electron chi connectivity index (χ0n) is 19.2. The average Bonchev–Trinajstić information content (AvgIpc) is 3.30. The molecule has 5 rings (SSSR count). The van der Waals surface area contributed by atoms with E-state index in [0.717, 1.165) is 22.4 Å². The minimum atomic E-state index is -0.395. The Morgan fingerprint density at radius 1 is 1.11 bits per heavy atom. The topological polar surface area (TPSA) is 81.1 Å². The Bertz CT molecular complexity index is 1460. The summed E-state index contributed by atoms with van der Waals surface area (Å²) in [7, 11) is 1.57. The van der Waals surface area contributed by atoms with E-state index in [1.54, 1.807) is 42.1 Å². The maximum atomic E-state index is 13.6. The molecule has 3 aromatic carbocycles. The van der Waals surface area contributed by atoms with Gasteiger partial charge < -0.3 is 10.1 Å². The second-order valence-corrected chi connectivity index (χ2v) is 8.41. The monoisotopic (exact) mass is 501 g/mol. The molecule has 1 aromatic heterocycles. The molecule has 1 aliphatic rings. The van der Waals surface area contributed by atoms with Crippen LogP contribution in [0.15, 0.2) is 84.9 Å². The first-order chi connectivity index (χ1) is 17.5. The predicted octanol–water partition coefficient (Wildman–Crippen LogP) is 5.79. The molecule has 1 amide bonds. The minimum Gasteiger partial charge on any atom is -0.496 e. The highest BCUT2D eigenvalue weighted by Crippen LogP contribution is 2.33. The summed E-state index contributed by atoms with van der Waals surface area (Å²) in [6, 6.07) is 20.6. The first-order valence-corrected chi connectivity index (χ1v) is 11.5. The fourth-order valence-corrected chi connectivity index (χ4v) is 3.99. The molecule has 1 unspecified atom stereocenters. The van der Waals surface area contributed by atoms with Gasteiger partial charge in [-0.15, -0.1) is 5.10 Å². The molecule has 0 spiro atoms. The van der Waals surface area contributed by atoms with Crippen molar-refractivity contribution in [2.24, 2.45) is 0 Å². The molecular formula is C27H21ClFN5O2. The molecule has 4 aromatic rings. The van der Waals surface area contributed by atoms with Gasteiger partial charge in [-0.05, 0) is 53.6 Å². The molecule has 0 saturated heterocycles. The molecule has 0 radical (unpaired) electrons. The third kappa shape index (κ3) is 4.99.